The molecular weight excluding hydrogens is 208 g/mol. The molecule has 1 rings (SSSR count). The molecule has 0 unspecified atom stereocenters. The molecule has 2 amide bonds. The van der Waals surface area contributed by atoms with E-state index in [0.29, 0.717) is 6.61 Å². The highest BCUT2D eigenvalue weighted by molar-refractivity contribution is 5.81. The number of hydrogen-bond acceptors (Lipinski definition) is 3. The van der Waals surface area contributed by atoms with E-state index in [0.717, 1.165) is 12.8 Å². The second-order valence-electron chi connectivity index (χ2n) is 4.27. The maximum absolute atomic E-state index is 11.8. The predicted molar refractivity (Wildman–Crippen MR) is 60.0 cm³/mol. The van der Waals surface area contributed by atoms with Crippen LogP contribution < -0.4 is 5.32 Å². The number of urea groups is 1. The van der Waals surface area contributed by atoms with Gasteiger partial charge in [-0.2, -0.15) is 0 Å². The molecule has 0 aromatic rings. The molecule has 92 valence electrons. The van der Waals surface area contributed by atoms with E-state index in [1.165, 1.54) is 0 Å². The lowest BCUT2D eigenvalue weighted by Gasteiger charge is -2.23. The summed E-state index contributed by atoms with van der Waals surface area (Å²) in [5.74, 6) is -0.340. The number of nitrogens with one attached hydrogen (secondary N) is 1. The molecular formula is C11H20N2O3. The van der Waals surface area contributed by atoms with Gasteiger partial charge in [-0.1, -0.05) is 0 Å². The van der Waals surface area contributed by atoms with Crippen molar-refractivity contribution in [2.75, 3.05) is 13.2 Å². The van der Waals surface area contributed by atoms with Gasteiger partial charge in [0.25, 0.3) is 0 Å². The van der Waals surface area contributed by atoms with Gasteiger partial charge in [0.05, 0.1) is 6.61 Å². The monoisotopic (exact) mass is 228 g/mol. The fraction of sp³-hybridized carbons (Fsp3) is 0.818. The predicted octanol–water partition coefficient (Wildman–Crippen LogP) is 1.13. The third-order valence-corrected chi connectivity index (χ3v) is 2.27. The minimum atomic E-state index is -0.340. The van der Waals surface area contributed by atoms with Gasteiger partial charge in [-0.3, -0.25) is 4.79 Å². The van der Waals surface area contributed by atoms with Crippen LogP contribution >= 0.6 is 0 Å². The van der Waals surface area contributed by atoms with Crippen molar-refractivity contribution in [3.63, 3.8) is 0 Å². The molecule has 1 N–H and O–H groups in total. The van der Waals surface area contributed by atoms with Crippen molar-refractivity contribution in [1.82, 2.24) is 10.2 Å². The summed E-state index contributed by atoms with van der Waals surface area (Å²) in [5.41, 5.74) is 0. The minimum absolute atomic E-state index is 0.0526. The highest BCUT2D eigenvalue weighted by Crippen LogP contribution is 2.26. The average molecular weight is 228 g/mol. The number of rotatable bonds is 5. The molecule has 0 spiro atoms. The van der Waals surface area contributed by atoms with Gasteiger partial charge in [-0.15, -0.1) is 0 Å². The molecule has 16 heavy (non-hydrogen) atoms. The fourth-order valence-electron chi connectivity index (χ4n) is 1.43. The first-order valence-corrected chi connectivity index (χ1v) is 5.77. The van der Waals surface area contributed by atoms with E-state index in [1.54, 1.807) is 11.8 Å². The summed E-state index contributed by atoms with van der Waals surface area (Å²) < 4.78 is 4.84. The molecule has 1 fully saturated rings. The molecule has 1 saturated carbocycles. The van der Waals surface area contributed by atoms with Crippen molar-refractivity contribution in [3.8, 4) is 0 Å². The zero-order chi connectivity index (χ0) is 12.1. The number of hydrogen-bond donors (Lipinski definition) is 1. The van der Waals surface area contributed by atoms with Crippen LogP contribution in [0, 0.1) is 0 Å². The van der Waals surface area contributed by atoms with Gasteiger partial charge < -0.3 is 15.0 Å². The molecule has 1 aliphatic rings. The van der Waals surface area contributed by atoms with Crippen LogP contribution in [0.2, 0.25) is 0 Å². The van der Waals surface area contributed by atoms with Crippen LogP contribution in [0.3, 0.4) is 0 Å². The van der Waals surface area contributed by atoms with Gasteiger partial charge in [0, 0.05) is 12.1 Å². The minimum Gasteiger partial charge on any atom is -0.465 e. The SMILES string of the molecule is CCOC(=O)CN(C(=O)NC(C)C)C1CC1. The van der Waals surface area contributed by atoms with E-state index < -0.39 is 0 Å². The Morgan fingerprint density at radius 2 is 2.06 bits per heavy atom. The summed E-state index contributed by atoms with van der Waals surface area (Å²) in [4.78, 5) is 24.7. The van der Waals surface area contributed by atoms with Gasteiger partial charge in [-0.05, 0) is 33.6 Å². The van der Waals surface area contributed by atoms with Crippen molar-refractivity contribution in [2.45, 2.75) is 45.7 Å². The molecule has 1 aliphatic carbocycles. The van der Waals surface area contributed by atoms with E-state index in [-0.39, 0.29) is 30.6 Å². The molecule has 0 saturated heterocycles. The highest BCUT2D eigenvalue weighted by atomic mass is 16.5. The van der Waals surface area contributed by atoms with Gasteiger partial charge >= 0.3 is 12.0 Å². The molecule has 0 aliphatic heterocycles. The molecule has 0 heterocycles. The topological polar surface area (TPSA) is 58.6 Å². The molecule has 5 heteroatoms. The van der Waals surface area contributed by atoms with E-state index in [2.05, 4.69) is 5.32 Å². The van der Waals surface area contributed by atoms with Crippen molar-refractivity contribution >= 4 is 12.0 Å². The summed E-state index contributed by atoms with van der Waals surface area (Å²) in [5, 5.41) is 2.79. The number of carbonyl (C=O) groups is 2. The van der Waals surface area contributed by atoms with Crippen LogP contribution in [0.4, 0.5) is 4.79 Å². The Balaban J connectivity index is 2.47. The van der Waals surface area contributed by atoms with E-state index >= 15 is 0 Å². The maximum atomic E-state index is 11.8. The molecule has 0 radical (unpaired) electrons. The Hall–Kier alpha value is -1.26. The number of nitrogens with zero attached hydrogens (tertiary/aromatic N) is 1. The van der Waals surface area contributed by atoms with E-state index in [9.17, 15) is 9.59 Å². The first kappa shape index (κ1) is 12.8. The van der Waals surface area contributed by atoms with Crippen molar-refractivity contribution in [3.05, 3.63) is 0 Å². The third-order valence-electron chi connectivity index (χ3n) is 2.27. The quantitative estimate of drug-likeness (QED) is 0.718. The van der Waals surface area contributed by atoms with Crippen LogP contribution in [0.15, 0.2) is 0 Å². The highest BCUT2D eigenvalue weighted by Gasteiger charge is 2.34. The second kappa shape index (κ2) is 5.72. The number of amides is 2. The van der Waals surface area contributed by atoms with Crippen molar-refractivity contribution < 1.29 is 14.3 Å². The fourth-order valence-corrected chi connectivity index (χ4v) is 1.43. The zero-order valence-corrected chi connectivity index (χ0v) is 10.2. The summed E-state index contributed by atoms with van der Waals surface area (Å²) >= 11 is 0. The average Bonchev–Trinajstić information content (AvgIpc) is 2.96. The third kappa shape index (κ3) is 4.08. The molecule has 0 aromatic heterocycles. The molecule has 0 atom stereocenters. The summed E-state index contributed by atoms with van der Waals surface area (Å²) in [6.45, 7) is 5.95. The van der Waals surface area contributed by atoms with Gasteiger partial charge in [0.2, 0.25) is 0 Å². The second-order valence-corrected chi connectivity index (χ2v) is 4.27. The zero-order valence-electron chi connectivity index (χ0n) is 10.2. The van der Waals surface area contributed by atoms with E-state index in [1.807, 2.05) is 13.8 Å². The molecule has 5 nitrogen and oxygen atoms in total. The Labute approximate surface area is 96.1 Å². The van der Waals surface area contributed by atoms with Crippen LogP contribution in [0.1, 0.15) is 33.6 Å². The van der Waals surface area contributed by atoms with Crippen LogP contribution in [-0.4, -0.2) is 42.1 Å². The first-order chi connectivity index (χ1) is 7.54. The van der Waals surface area contributed by atoms with Gasteiger partial charge in [0.15, 0.2) is 0 Å². The van der Waals surface area contributed by atoms with E-state index in [4.69, 9.17) is 4.74 Å². The standard InChI is InChI=1S/C11H20N2O3/c1-4-16-10(14)7-13(9-5-6-9)11(15)12-8(2)3/h8-9H,4-7H2,1-3H3,(H,12,15). The largest absolute Gasteiger partial charge is 0.465 e. The van der Waals surface area contributed by atoms with Crippen LogP contribution in [-0.2, 0) is 9.53 Å². The van der Waals surface area contributed by atoms with Gasteiger partial charge in [-0.25, -0.2) is 4.79 Å². The lowest BCUT2D eigenvalue weighted by molar-refractivity contribution is -0.143. The van der Waals surface area contributed by atoms with Gasteiger partial charge in [0.1, 0.15) is 6.54 Å². The lowest BCUT2D eigenvalue weighted by Crippen LogP contribution is -2.46. The Morgan fingerprint density at radius 3 is 2.50 bits per heavy atom. The summed E-state index contributed by atoms with van der Waals surface area (Å²) in [7, 11) is 0. The van der Waals surface area contributed by atoms with Crippen LogP contribution in [0.5, 0.6) is 0 Å². The molecule has 0 aromatic carbocycles. The number of esters is 1. The Kier molecular flexibility index (Phi) is 4.58. The Morgan fingerprint density at radius 1 is 1.44 bits per heavy atom. The summed E-state index contributed by atoms with van der Waals surface area (Å²) in [6.07, 6.45) is 1.95. The smallest absolute Gasteiger partial charge is 0.325 e. The van der Waals surface area contributed by atoms with Crippen LogP contribution in [0.25, 0.3) is 0 Å². The number of carbonyl (C=O) groups excluding carboxylic acids is 2. The normalized spacial score (nSPS) is 14.8. The summed E-state index contributed by atoms with van der Waals surface area (Å²) in [6, 6.07) is 0.115. The lowest BCUT2D eigenvalue weighted by atomic mass is 10.4. The van der Waals surface area contributed by atoms with Crippen molar-refractivity contribution in [2.24, 2.45) is 0 Å². The maximum Gasteiger partial charge on any atom is 0.325 e. The first-order valence-electron chi connectivity index (χ1n) is 5.77. The Bertz CT molecular complexity index is 262. The number of ether oxygens (including phenoxy) is 1. The molecule has 0 bridgehead atoms. The van der Waals surface area contributed by atoms with Crippen molar-refractivity contribution in [1.29, 1.82) is 0 Å².